The number of nitrogens with zero attached hydrogens (tertiary/aromatic N) is 2. The Hall–Kier alpha value is -1.73. The monoisotopic (exact) mass is 411 g/mol. The van der Waals surface area contributed by atoms with Gasteiger partial charge in [-0.25, -0.2) is 4.79 Å². The van der Waals surface area contributed by atoms with Crippen molar-refractivity contribution in [1.29, 1.82) is 0 Å². The van der Waals surface area contributed by atoms with Crippen LogP contribution in [-0.2, 0) is 10.5 Å². The molecule has 1 N–H and O–H groups in total. The first-order valence-corrected chi connectivity index (χ1v) is 10.2. The Morgan fingerprint density at radius 2 is 2.00 bits per heavy atom. The number of alkyl carbamates (subject to hydrolysis) is 1. The number of thioether (sulfide) groups is 1. The highest BCUT2D eigenvalue weighted by atomic mass is 35.5. The van der Waals surface area contributed by atoms with Crippen LogP contribution in [0.25, 0.3) is 0 Å². The lowest BCUT2D eigenvalue weighted by atomic mass is 10.0. The minimum absolute atomic E-state index is 0.330. The molecular formula is C19H26ClN3O3S. The standard InChI is InChI=1S/C19H26ClN3O3S/c1-12(2)10-15(21-17(24)26-19(3,4)5)16-22-23-18(25-16)27-11-13-8-6-7-9-14(13)20/h6-9,12,15H,10-11H2,1-5H3,(H,21,24). The molecule has 2 aromatic rings. The summed E-state index contributed by atoms with van der Waals surface area (Å²) in [7, 11) is 0. The third kappa shape index (κ3) is 7.42. The van der Waals surface area contributed by atoms with Crippen LogP contribution in [0.2, 0.25) is 5.02 Å². The van der Waals surface area contributed by atoms with Crippen LogP contribution in [-0.4, -0.2) is 21.9 Å². The molecule has 0 spiro atoms. The maximum Gasteiger partial charge on any atom is 0.408 e. The van der Waals surface area contributed by atoms with Crippen LogP contribution >= 0.6 is 23.4 Å². The Morgan fingerprint density at radius 3 is 2.63 bits per heavy atom. The van der Waals surface area contributed by atoms with Gasteiger partial charge in [-0.3, -0.25) is 0 Å². The van der Waals surface area contributed by atoms with E-state index < -0.39 is 17.7 Å². The van der Waals surface area contributed by atoms with Gasteiger partial charge in [0.25, 0.3) is 5.22 Å². The molecule has 1 aromatic carbocycles. The molecular weight excluding hydrogens is 386 g/mol. The van der Waals surface area contributed by atoms with Crippen molar-refractivity contribution in [1.82, 2.24) is 15.5 Å². The van der Waals surface area contributed by atoms with Gasteiger partial charge in [0, 0.05) is 10.8 Å². The maximum atomic E-state index is 12.1. The van der Waals surface area contributed by atoms with Crippen LogP contribution in [0.4, 0.5) is 4.79 Å². The number of ether oxygens (including phenoxy) is 1. The molecule has 0 saturated carbocycles. The van der Waals surface area contributed by atoms with Gasteiger partial charge in [0.15, 0.2) is 0 Å². The number of hydrogen-bond donors (Lipinski definition) is 1. The minimum atomic E-state index is -0.572. The molecule has 1 aromatic heterocycles. The van der Waals surface area contributed by atoms with E-state index in [1.165, 1.54) is 11.8 Å². The number of hydrogen-bond acceptors (Lipinski definition) is 6. The molecule has 6 nitrogen and oxygen atoms in total. The highest BCUT2D eigenvalue weighted by molar-refractivity contribution is 7.98. The van der Waals surface area contributed by atoms with Crippen LogP contribution < -0.4 is 5.32 Å². The van der Waals surface area contributed by atoms with Gasteiger partial charge in [-0.1, -0.05) is 55.4 Å². The summed E-state index contributed by atoms with van der Waals surface area (Å²) in [6, 6.07) is 7.23. The molecule has 0 aliphatic heterocycles. The molecule has 0 radical (unpaired) electrons. The second-order valence-electron chi connectivity index (χ2n) is 7.61. The van der Waals surface area contributed by atoms with Crippen molar-refractivity contribution >= 4 is 29.5 Å². The number of rotatable bonds is 7. The molecule has 148 valence electrons. The summed E-state index contributed by atoms with van der Waals surface area (Å²) >= 11 is 7.58. The molecule has 1 amide bonds. The first kappa shape index (κ1) is 21.6. The van der Waals surface area contributed by atoms with Gasteiger partial charge in [0.1, 0.15) is 11.6 Å². The molecule has 0 saturated heterocycles. The summed E-state index contributed by atoms with van der Waals surface area (Å²) in [5.41, 5.74) is 0.423. The average molecular weight is 412 g/mol. The van der Waals surface area contributed by atoms with Gasteiger partial charge < -0.3 is 14.5 Å². The van der Waals surface area contributed by atoms with Crippen LogP contribution in [0, 0.1) is 5.92 Å². The Morgan fingerprint density at radius 1 is 1.30 bits per heavy atom. The fourth-order valence-corrected chi connectivity index (χ4v) is 3.37. The van der Waals surface area contributed by atoms with E-state index in [-0.39, 0.29) is 0 Å². The number of carbonyl (C=O) groups excluding carboxylic acids is 1. The van der Waals surface area contributed by atoms with Crippen molar-refractivity contribution in [3.63, 3.8) is 0 Å². The average Bonchev–Trinajstić information content (AvgIpc) is 3.00. The number of aromatic nitrogens is 2. The maximum absolute atomic E-state index is 12.1. The zero-order chi connectivity index (χ0) is 20.0. The molecule has 8 heteroatoms. The van der Waals surface area contributed by atoms with E-state index >= 15 is 0 Å². The van der Waals surface area contributed by atoms with Gasteiger partial charge in [-0.05, 0) is 44.7 Å². The van der Waals surface area contributed by atoms with Crippen LogP contribution in [0.5, 0.6) is 0 Å². The normalized spacial score (nSPS) is 12.9. The minimum Gasteiger partial charge on any atom is -0.444 e. The van der Waals surface area contributed by atoms with Gasteiger partial charge >= 0.3 is 6.09 Å². The fourth-order valence-electron chi connectivity index (χ4n) is 2.32. The summed E-state index contributed by atoms with van der Waals surface area (Å²) in [5.74, 6) is 1.32. The third-order valence-corrected chi connectivity index (χ3v) is 4.66. The third-order valence-electron chi connectivity index (χ3n) is 3.43. The van der Waals surface area contributed by atoms with Gasteiger partial charge in [0.2, 0.25) is 5.89 Å². The zero-order valence-corrected chi connectivity index (χ0v) is 17.9. The second-order valence-corrected chi connectivity index (χ2v) is 8.95. The van der Waals surface area contributed by atoms with Crippen LogP contribution in [0.15, 0.2) is 33.9 Å². The highest BCUT2D eigenvalue weighted by Crippen LogP contribution is 2.28. The molecule has 0 fully saturated rings. The summed E-state index contributed by atoms with van der Waals surface area (Å²) in [4.78, 5) is 12.1. The Balaban J connectivity index is 2.04. The van der Waals surface area contributed by atoms with Gasteiger partial charge in [0.05, 0.1) is 0 Å². The molecule has 0 aliphatic rings. The Labute approximate surface area is 169 Å². The Bertz CT molecular complexity index is 759. The largest absolute Gasteiger partial charge is 0.444 e. The second kappa shape index (κ2) is 9.46. The summed E-state index contributed by atoms with van der Waals surface area (Å²) in [6.07, 6.45) is 0.160. The predicted molar refractivity (Wildman–Crippen MR) is 107 cm³/mol. The van der Waals surface area contributed by atoms with Crippen LogP contribution in [0.1, 0.15) is 58.5 Å². The van der Waals surface area contributed by atoms with Crippen molar-refractivity contribution in [2.45, 2.75) is 63.7 Å². The number of carbonyl (C=O) groups is 1. The zero-order valence-electron chi connectivity index (χ0n) is 16.3. The molecule has 0 aliphatic carbocycles. The number of halogens is 1. The molecule has 1 atom stereocenters. The first-order valence-electron chi connectivity index (χ1n) is 8.83. The number of amides is 1. The topological polar surface area (TPSA) is 77.2 Å². The predicted octanol–water partition coefficient (Wildman–Crippen LogP) is 5.63. The smallest absolute Gasteiger partial charge is 0.408 e. The molecule has 2 rings (SSSR count). The lowest BCUT2D eigenvalue weighted by molar-refractivity contribution is 0.0487. The van der Waals surface area contributed by atoms with Crippen molar-refractivity contribution in [2.24, 2.45) is 5.92 Å². The fraction of sp³-hybridized carbons (Fsp3) is 0.526. The SMILES string of the molecule is CC(C)CC(NC(=O)OC(C)(C)C)c1nnc(SCc2ccccc2Cl)o1. The number of benzene rings is 1. The lowest BCUT2D eigenvalue weighted by Gasteiger charge is -2.22. The van der Waals surface area contributed by atoms with Gasteiger partial charge in [-0.15, -0.1) is 10.2 Å². The van der Waals surface area contributed by atoms with Crippen molar-refractivity contribution in [3.8, 4) is 0 Å². The van der Waals surface area contributed by atoms with Crippen molar-refractivity contribution in [3.05, 3.63) is 40.7 Å². The van der Waals surface area contributed by atoms with E-state index in [0.29, 0.717) is 34.2 Å². The van der Waals surface area contributed by atoms with Crippen LogP contribution in [0.3, 0.4) is 0 Å². The van der Waals surface area contributed by atoms with Crippen molar-refractivity contribution < 1.29 is 13.9 Å². The van der Waals surface area contributed by atoms with E-state index in [4.69, 9.17) is 20.8 Å². The summed E-state index contributed by atoms with van der Waals surface area (Å²) < 4.78 is 11.1. The molecule has 27 heavy (non-hydrogen) atoms. The van der Waals surface area contributed by atoms with E-state index in [0.717, 1.165) is 5.56 Å². The van der Waals surface area contributed by atoms with E-state index in [9.17, 15) is 4.79 Å². The summed E-state index contributed by atoms with van der Waals surface area (Å²) in [5, 5.41) is 12.2. The van der Waals surface area contributed by atoms with Gasteiger partial charge in [-0.2, -0.15) is 0 Å². The quantitative estimate of drug-likeness (QED) is 0.595. The van der Waals surface area contributed by atoms with E-state index in [1.807, 2.05) is 45.0 Å². The highest BCUT2D eigenvalue weighted by Gasteiger charge is 2.25. The molecule has 0 bridgehead atoms. The summed E-state index contributed by atoms with van der Waals surface area (Å²) in [6.45, 7) is 9.58. The van der Waals surface area contributed by atoms with Crippen molar-refractivity contribution in [2.75, 3.05) is 0 Å². The van der Waals surface area contributed by atoms with E-state index in [1.54, 1.807) is 0 Å². The molecule has 1 heterocycles. The first-order chi connectivity index (χ1) is 12.6. The van der Waals surface area contributed by atoms with E-state index in [2.05, 4.69) is 29.4 Å². The lowest BCUT2D eigenvalue weighted by Crippen LogP contribution is -2.35. The Kier molecular flexibility index (Phi) is 7.56. The number of nitrogens with one attached hydrogen (secondary N) is 1. The molecule has 1 unspecified atom stereocenters.